The Morgan fingerprint density at radius 1 is 1.25 bits per heavy atom. The lowest BCUT2D eigenvalue weighted by Crippen LogP contribution is -2.25. The number of anilines is 1. The van der Waals surface area contributed by atoms with Gasteiger partial charge in [-0.15, -0.1) is 0 Å². The Balaban J connectivity index is 2.73. The Hall–Kier alpha value is -0.650. The van der Waals surface area contributed by atoms with Crippen LogP contribution < -0.4 is 5.73 Å². The molecule has 0 spiro atoms. The van der Waals surface area contributed by atoms with Crippen molar-refractivity contribution in [2.45, 2.75) is 34.1 Å². The van der Waals surface area contributed by atoms with Gasteiger partial charge < -0.3 is 5.73 Å². The molecule has 0 aromatic carbocycles. The fraction of sp³-hybridized carbons (Fsp3) is 0.500. The molecule has 0 unspecified atom stereocenters. The van der Waals surface area contributed by atoms with Gasteiger partial charge in [0.2, 0.25) is 5.95 Å². The molecule has 2 rings (SSSR count). The van der Waals surface area contributed by atoms with Crippen LogP contribution in [0.15, 0.2) is 5.57 Å². The quantitative estimate of drug-likeness (QED) is 0.588. The molecule has 1 aromatic heterocycles. The maximum atomic E-state index is 5.71. The lowest BCUT2D eigenvalue weighted by molar-refractivity contribution is 0.435. The van der Waals surface area contributed by atoms with Gasteiger partial charge in [-0.1, -0.05) is 19.4 Å². The van der Waals surface area contributed by atoms with Crippen LogP contribution in [0.1, 0.15) is 39.0 Å². The first-order valence-electron chi connectivity index (χ1n) is 5.33. The highest BCUT2D eigenvalue weighted by atomic mass is 127. The molecule has 3 nitrogen and oxygen atoms in total. The molecule has 0 fully saturated rings. The molecule has 1 aromatic rings. The average Bonchev–Trinajstić information content (AvgIpc) is 2.17. The van der Waals surface area contributed by atoms with Crippen molar-refractivity contribution in [2.24, 2.45) is 5.41 Å². The number of hydrogen-bond donors (Lipinski definition) is 1. The van der Waals surface area contributed by atoms with Gasteiger partial charge in [0.1, 0.15) is 3.70 Å². The van der Waals surface area contributed by atoms with E-state index in [1.807, 2.05) is 0 Å². The Morgan fingerprint density at radius 3 is 2.50 bits per heavy atom. The van der Waals surface area contributed by atoms with Gasteiger partial charge in [-0.2, -0.15) is 0 Å². The molecular weight excluding hydrogens is 313 g/mol. The molecule has 1 heterocycles. The SMILES string of the molecule is CC1=C(C)C(C)(C)Cc2c(I)nc(N)nc21. The maximum Gasteiger partial charge on any atom is 0.221 e. The van der Waals surface area contributed by atoms with Gasteiger partial charge >= 0.3 is 0 Å². The smallest absolute Gasteiger partial charge is 0.221 e. The van der Waals surface area contributed by atoms with Gasteiger partial charge in [0.15, 0.2) is 0 Å². The standard InChI is InChI=1S/C12H16IN3/c1-6-7(2)12(3,4)5-8-9(6)15-11(14)16-10(8)13/h5H2,1-4H3,(H2,14,15,16). The lowest BCUT2D eigenvalue weighted by atomic mass is 9.73. The van der Waals surface area contributed by atoms with Crippen LogP contribution in [-0.2, 0) is 6.42 Å². The van der Waals surface area contributed by atoms with Gasteiger partial charge in [0.05, 0.1) is 5.69 Å². The van der Waals surface area contributed by atoms with E-state index in [1.165, 1.54) is 16.7 Å². The van der Waals surface area contributed by atoms with Crippen LogP contribution in [0.5, 0.6) is 0 Å². The van der Waals surface area contributed by atoms with Crippen molar-refractivity contribution in [2.75, 3.05) is 5.73 Å². The number of nitrogens with two attached hydrogens (primary N) is 1. The lowest BCUT2D eigenvalue weighted by Gasteiger charge is -2.33. The topological polar surface area (TPSA) is 51.8 Å². The summed E-state index contributed by atoms with van der Waals surface area (Å²) in [6.45, 7) is 8.84. The number of fused-ring (bicyclic) bond motifs is 1. The summed E-state index contributed by atoms with van der Waals surface area (Å²) in [7, 11) is 0. The highest BCUT2D eigenvalue weighted by Gasteiger charge is 2.31. The third-order valence-corrected chi connectivity index (χ3v) is 4.42. The molecule has 16 heavy (non-hydrogen) atoms. The first-order valence-corrected chi connectivity index (χ1v) is 6.41. The molecule has 4 heteroatoms. The number of nitrogen functional groups attached to an aromatic ring is 1. The predicted octanol–water partition coefficient (Wildman–Crippen LogP) is 3.04. The summed E-state index contributed by atoms with van der Waals surface area (Å²) < 4.78 is 0.986. The second-order valence-electron chi connectivity index (χ2n) is 5.01. The molecule has 1 aliphatic carbocycles. The van der Waals surface area contributed by atoms with Crippen LogP contribution in [0.3, 0.4) is 0 Å². The largest absolute Gasteiger partial charge is 0.368 e. The molecule has 1 aliphatic rings. The van der Waals surface area contributed by atoms with Gasteiger partial charge in [-0.3, -0.25) is 0 Å². The molecule has 0 amide bonds. The van der Waals surface area contributed by atoms with Crippen molar-refractivity contribution in [1.29, 1.82) is 0 Å². The van der Waals surface area contributed by atoms with E-state index >= 15 is 0 Å². The Kier molecular flexibility index (Phi) is 2.72. The number of halogens is 1. The van der Waals surface area contributed by atoms with E-state index in [-0.39, 0.29) is 5.41 Å². The number of allylic oxidation sites excluding steroid dienone is 2. The number of nitrogens with zero attached hydrogens (tertiary/aromatic N) is 2. The molecule has 0 bridgehead atoms. The molecule has 86 valence electrons. The highest BCUT2D eigenvalue weighted by molar-refractivity contribution is 14.1. The van der Waals surface area contributed by atoms with Crippen LogP contribution in [0.4, 0.5) is 5.95 Å². The van der Waals surface area contributed by atoms with Crippen LogP contribution in [0.2, 0.25) is 0 Å². The maximum absolute atomic E-state index is 5.71. The van der Waals surface area contributed by atoms with Crippen LogP contribution in [-0.4, -0.2) is 9.97 Å². The molecule has 2 N–H and O–H groups in total. The summed E-state index contributed by atoms with van der Waals surface area (Å²) >= 11 is 2.25. The molecule has 0 aliphatic heterocycles. The van der Waals surface area contributed by atoms with Crippen LogP contribution >= 0.6 is 22.6 Å². The number of hydrogen-bond acceptors (Lipinski definition) is 3. The first-order chi connectivity index (χ1) is 7.33. The Bertz CT molecular complexity index is 489. The fourth-order valence-corrected chi connectivity index (χ4v) is 2.89. The fourth-order valence-electron chi connectivity index (χ4n) is 2.20. The zero-order chi connectivity index (χ0) is 12.1. The molecular formula is C12H16IN3. The minimum Gasteiger partial charge on any atom is -0.368 e. The normalized spacial score (nSPS) is 18.6. The van der Waals surface area contributed by atoms with E-state index in [2.05, 4.69) is 60.3 Å². The van der Waals surface area contributed by atoms with E-state index < -0.39 is 0 Å². The summed E-state index contributed by atoms with van der Waals surface area (Å²) in [5, 5.41) is 0. The van der Waals surface area contributed by atoms with E-state index in [4.69, 9.17) is 5.73 Å². The summed E-state index contributed by atoms with van der Waals surface area (Å²) in [6.07, 6.45) is 0.990. The number of rotatable bonds is 0. The van der Waals surface area contributed by atoms with Gasteiger partial charge in [-0.25, -0.2) is 9.97 Å². The summed E-state index contributed by atoms with van der Waals surface area (Å²) in [6, 6.07) is 0. The van der Waals surface area contributed by atoms with E-state index in [0.29, 0.717) is 5.95 Å². The second kappa shape index (κ2) is 3.68. The van der Waals surface area contributed by atoms with Crippen molar-refractivity contribution < 1.29 is 0 Å². The average molecular weight is 329 g/mol. The summed E-state index contributed by atoms with van der Waals surface area (Å²) in [5.41, 5.74) is 10.8. The molecule has 0 atom stereocenters. The van der Waals surface area contributed by atoms with Crippen LogP contribution in [0.25, 0.3) is 5.57 Å². The van der Waals surface area contributed by atoms with Crippen molar-refractivity contribution in [1.82, 2.24) is 9.97 Å². The Morgan fingerprint density at radius 2 is 1.88 bits per heavy atom. The Labute approximate surface area is 110 Å². The minimum atomic E-state index is 0.191. The van der Waals surface area contributed by atoms with Gasteiger partial charge in [0.25, 0.3) is 0 Å². The van der Waals surface area contributed by atoms with Crippen molar-refractivity contribution in [3.63, 3.8) is 0 Å². The third kappa shape index (κ3) is 1.73. The van der Waals surface area contributed by atoms with E-state index in [0.717, 1.165) is 15.8 Å². The minimum absolute atomic E-state index is 0.191. The molecule has 0 radical (unpaired) electrons. The molecule has 0 saturated heterocycles. The third-order valence-electron chi connectivity index (χ3n) is 3.53. The van der Waals surface area contributed by atoms with E-state index in [1.54, 1.807) is 0 Å². The summed E-state index contributed by atoms with van der Waals surface area (Å²) in [5.74, 6) is 0.370. The number of aromatic nitrogens is 2. The second-order valence-corrected chi connectivity index (χ2v) is 6.03. The zero-order valence-corrected chi connectivity index (χ0v) is 12.2. The van der Waals surface area contributed by atoms with E-state index in [9.17, 15) is 0 Å². The van der Waals surface area contributed by atoms with Crippen molar-refractivity contribution in [3.05, 3.63) is 20.5 Å². The van der Waals surface area contributed by atoms with Crippen LogP contribution in [0, 0.1) is 9.12 Å². The van der Waals surface area contributed by atoms with Gasteiger partial charge in [0, 0.05) is 5.56 Å². The molecule has 0 saturated carbocycles. The van der Waals surface area contributed by atoms with Crippen molar-refractivity contribution in [3.8, 4) is 0 Å². The highest BCUT2D eigenvalue weighted by Crippen LogP contribution is 2.42. The zero-order valence-electron chi connectivity index (χ0n) is 10.1. The summed E-state index contributed by atoms with van der Waals surface area (Å²) in [4.78, 5) is 8.62. The van der Waals surface area contributed by atoms with Gasteiger partial charge in [-0.05, 0) is 53.8 Å². The first kappa shape index (κ1) is 11.8. The predicted molar refractivity (Wildman–Crippen MR) is 74.9 cm³/mol. The monoisotopic (exact) mass is 329 g/mol. The van der Waals surface area contributed by atoms with Crippen molar-refractivity contribution >= 4 is 34.1 Å².